The van der Waals surface area contributed by atoms with Gasteiger partial charge in [-0.3, -0.25) is 19.2 Å². The lowest BCUT2D eigenvalue weighted by Gasteiger charge is -1.96. The van der Waals surface area contributed by atoms with Gasteiger partial charge in [-0.25, -0.2) is 0 Å². The summed E-state index contributed by atoms with van der Waals surface area (Å²) < 4.78 is 4.48. The molecule has 0 radical (unpaired) electrons. The number of aliphatic carboxylic acids is 3. The number of ether oxygens (including phenoxy) is 1. The molecule has 0 bridgehead atoms. The molecule has 120 valence electrons. The molecule has 0 spiro atoms. The Kier molecular flexibility index (Phi) is 29.1. The van der Waals surface area contributed by atoms with E-state index in [2.05, 4.69) is 4.74 Å². The highest BCUT2D eigenvalue weighted by Gasteiger charge is 1.96. The molecule has 0 fully saturated rings. The summed E-state index contributed by atoms with van der Waals surface area (Å²) in [5, 5.41) is 30.4. The second-order valence-electron chi connectivity index (χ2n) is 2.84. The van der Waals surface area contributed by atoms with E-state index in [9.17, 15) is 4.79 Å². The molecule has 0 unspecified atom stereocenters. The first kappa shape index (κ1) is 26.4. The molecule has 9 nitrogen and oxygen atoms in total. The van der Waals surface area contributed by atoms with Gasteiger partial charge in [0.1, 0.15) is 0 Å². The smallest absolute Gasteiger partial charge is 0.308 e. The number of carboxylic acids is 3. The van der Waals surface area contributed by atoms with Crippen LogP contribution < -0.4 is 0 Å². The van der Waals surface area contributed by atoms with Gasteiger partial charge in [-0.2, -0.15) is 0 Å². The topological polar surface area (TPSA) is 158 Å². The van der Waals surface area contributed by atoms with Crippen molar-refractivity contribution in [3.63, 3.8) is 0 Å². The highest BCUT2D eigenvalue weighted by molar-refractivity contribution is 5.69. The van der Waals surface area contributed by atoms with Crippen molar-refractivity contribution < 1.29 is 44.3 Å². The highest BCUT2D eigenvalue weighted by atomic mass is 16.5. The lowest BCUT2D eigenvalue weighted by atomic mass is 10.5. The molecule has 0 aliphatic carbocycles. The van der Waals surface area contributed by atoms with Gasteiger partial charge in [-0.1, -0.05) is 0 Å². The zero-order valence-corrected chi connectivity index (χ0v) is 12.0. The van der Waals surface area contributed by atoms with E-state index in [0.29, 0.717) is 6.61 Å². The van der Waals surface area contributed by atoms with Crippen LogP contribution in [0.4, 0.5) is 0 Å². The van der Waals surface area contributed by atoms with E-state index in [0.717, 1.165) is 20.8 Å². The quantitative estimate of drug-likeness (QED) is 0.534. The van der Waals surface area contributed by atoms with Gasteiger partial charge in [-0.05, 0) is 6.92 Å². The fraction of sp³-hybridized carbons (Fsp3) is 0.636. The first-order valence-corrected chi connectivity index (χ1v) is 5.36. The van der Waals surface area contributed by atoms with Gasteiger partial charge in [0, 0.05) is 20.8 Å². The average molecular weight is 298 g/mol. The second kappa shape index (κ2) is 22.1. The Hall–Kier alpha value is -2.16. The first-order valence-electron chi connectivity index (χ1n) is 5.36. The molecule has 0 aromatic heterocycles. The third-order valence-corrected chi connectivity index (χ3v) is 0.621. The van der Waals surface area contributed by atoms with Gasteiger partial charge < -0.3 is 25.2 Å². The predicted octanol–water partition coefficient (Wildman–Crippen LogP) is 0.205. The van der Waals surface area contributed by atoms with Crippen molar-refractivity contribution in [1.82, 2.24) is 0 Å². The Labute approximate surface area is 116 Å². The van der Waals surface area contributed by atoms with Crippen LogP contribution in [0.3, 0.4) is 0 Å². The van der Waals surface area contributed by atoms with Gasteiger partial charge >= 0.3 is 5.97 Å². The summed E-state index contributed by atoms with van der Waals surface area (Å²) in [6, 6.07) is 0. The summed E-state index contributed by atoms with van der Waals surface area (Å²) in [7, 11) is 0. The number of carbonyl (C=O) groups excluding carboxylic acids is 1. The molecule has 0 aliphatic rings. The molecule has 0 rings (SSSR count). The van der Waals surface area contributed by atoms with E-state index in [4.69, 9.17) is 34.8 Å². The number of aliphatic hydroxyl groups is 1. The molecule has 0 aromatic carbocycles. The van der Waals surface area contributed by atoms with Gasteiger partial charge in [0.15, 0.2) is 0 Å². The minimum Gasteiger partial charge on any atom is -0.481 e. The molecule has 0 amide bonds. The van der Waals surface area contributed by atoms with Crippen LogP contribution in [0.2, 0.25) is 0 Å². The molecule has 0 saturated heterocycles. The number of esters is 1. The number of aliphatic hydroxyl groups excluding tert-OH is 1. The molecule has 0 aromatic rings. The Balaban J connectivity index is -0.0000000917. The van der Waals surface area contributed by atoms with E-state index < -0.39 is 17.9 Å². The lowest BCUT2D eigenvalue weighted by Crippen LogP contribution is -2.05. The largest absolute Gasteiger partial charge is 0.481 e. The van der Waals surface area contributed by atoms with E-state index in [-0.39, 0.29) is 19.0 Å². The van der Waals surface area contributed by atoms with Crippen LogP contribution >= 0.6 is 0 Å². The monoisotopic (exact) mass is 298 g/mol. The number of carboxylic acid groups (broad SMARTS) is 3. The third kappa shape index (κ3) is 237. The maximum atomic E-state index is 10.3. The van der Waals surface area contributed by atoms with Crippen molar-refractivity contribution in [3.8, 4) is 0 Å². The molecule has 20 heavy (non-hydrogen) atoms. The molecular formula is C11H22O9. The van der Waals surface area contributed by atoms with Crippen molar-refractivity contribution in [3.05, 3.63) is 0 Å². The molecule has 0 aliphatic heterocycles. The summed E-state index contributed by atoms with van der Waals surface area (Å²) in [5.41, 5.74) is 0. The number of hydrogen-bond donors (Lipinski definition) is 4. The van der Waals surface area contributed by atoms with Crippen molar-refractivity contribution in [2.75, 3.05) is 13.2 Å². The standard InChI is InChI=1S/C5H10O3.3C2H4O2/c1-2-8-5(7)3-4-6;3*1-2(3)4/h6H,2-4H2,1H3;3*1H3,(H,3,4). The van der Waals surface area contributed by atoms with Crippen LogP contribution in [0.25, 0.3) is 0 Å². The molecular weight excluding hydrogens is 276 g/mol. The number of hydrogen-bond acceptors (Lipinski definition) is 6. The summed E-state index contributed by atoms with van der Waals surface area (Å²) in [6.07, 6.45) is 0.105. The summed E-state index contributed by atoms with van der Waals surface area (Å²) in [4.78, 5) is 37.3. The van der Waals surface area contributed by atoms with Crippen LogP contribution in [0.1, 0.15) is 34.1 Å². The number of carbonyl (C=O) groups is 4. The molecule has 0 heterocycles. The summed E-state index contributed by atoms with van der Waals surface area (Å²) in [6.45, 7) is 5.24. The SMILES string of the molecule is CC(=O)O.CC(=O)O.CC(=O)O.CCOC(=O)CCO. The van der Waals surface area contributed by atoms with Gasteiger partial charge in [-0.15, -0.1) is 0 Å². The highest BCUT2D eigenvalue weighted by Crippen LogP contribution is 1.82. The maximum Gasteiger partial charge on any atom is 0.308 e. The van der Waals surface area contributed by atoms with Crippen molar-refractivity contribution >= 4 is 23.9 Å². The van der Waals surface area contributed by atoms with Gasteiger partial charge in [0.25, 0.3) is 17.9 Å². The van der Waals surface area contributed by atoms with Crippen LogP contribution in [0, 0.1) is 0 Å². The zero-order valence-electron chi connectivity index (χ0n) is 12.0. The zero-order chi connectivity index (χ0) is 17.1. The fourth-order valence-corrected chi connectivity index (χ4v) is 0.324. The molecule has 9 heteroatoms. The van der Waals surface area contributed by atoms with Gasteiger partial charge in [0.2, 0.25) is 0 Å². The van der Waals surface area contributed by atoms with E-state index in [1.54, 1.807) is 6.92 Å². The normalized spacial score (nSPS) is 7.25. The minimum atomic E-state index is -0.833. The van der Waals surface area contributed by atoms with Crippen LogP contribution in [0.15, 0.2) is 0 Å². The van der Waals surface area contributed by atoms with E-state index >= 15 is 0 Å². The van der Waals surface area contributed by atoms with Crippen molar-refractivity contribution in [1.29, 1.82) is 0 Å². The van der Waals surface area contributed by atoms with Crippen LogP contribution in [0.5, 0.6) is 0 Å². The first-order chi connectivity index (χ1) is 9.00. The third-order valence-electron chi connectivity index (χ3n) is 0.621. The molecule has 4 N–H and O–H groups in total. The Morgan fingerprint density at radius 3 is 1.25 bits per heavy atom. The van der Waals surface area contributed by atoms with Crippen molar-refractivity contribution in [2.45, 2.75) is 34.1 Å². The lowest BCUT2D eigenvalue weighted by molar-refractivity contribution is -0.144. The summed E-state index contributed by atoms with van der Waals surface area (Å²) in [5.74, 6) is -2.84. The summed E-state index contributed by atoms with van der Waals surface area (Å²) >= 11 is 0. The fourth-order valence-electron chi connectivity index (χ4n) is 0.324. The Morgan fingerprint density at radius 1 is 0.850 bits per heavy atom. The van der Waals surface area contributed by atoms with Crippen LogP contribution in [-0.4, -0.2) is 57.5 Å². The minimum absolute atomic E-state index is 0.105. The Morgan fingerprint density at radius 2 is 1.10 bits per heavy atom. The van der Waals surface area contributed by atoms with E-state index in [1.807, 2.05) is 0 Å². The maximum absolute atomic E-state index is 10.3. The molecule has 0 saturated carbocycles. The average Bonchev–Trinajstić information content (AvgIpc) is 2.15. The van der Waals surface area contributed by atoms with Gasteiger partial charge in [0.05, 0.1) is 19.6 Å². The second-order valence-corrected chi connectivity index (χ2v) is 2.84. The van der Waals surface area contributed by atoms with Crippen molar-refractivity contribution in [2.24, 2.45) is 0 Å². The van der Waals surface area contributed by atoms with Crippen LogP contribution in [-0.2, 0) is 23.9 Å². The predicted molar refractivity (Wildman–Crippen MR) is 68.3 cm³/mol. The molecule has 0 atom stereocenters. The van der Waals surface area contributed by atoms with E-state index in [1.165, 1.54) is 0 Å². The number of rotatable bonds is 3. The Bertz CT molecular complexity index is 225.